The van der Waals surface area contributed by atoms with Gasteiger partial charge < -0.3 is 5.32 Å². The summed E-state index contributed by atoms with van der Waals surface area (Å²) in [6, 6.07) is 0.613. The average molecular weight is 213 g/mol. The molecule has 0 heterocycles. The molecule has 0 aliphatic carbocycles. The van der Waals surface area contributed by atoms with Crippen LogP contribution in [0.3, 0.4) is 0 Å². The van der Waals surface area contributed by atoms with Gasteiger partial charge in [0.25, 0.3) is 0 Å². The Morgan fingerprint density at radius 2 is 2.14 bits per heavy atom. The molecule has 0 radical (unpaired) electrons. The molecule has 0 aromatic carbocycles. The van der Waals surface area contributed by atoms with Gasteiger partial charge in [0.2, 0.25) is 0 Å². The summed E-state index contributed by atoms with van der Waals surface area (Å²) in [7, 11) is 0. The summed E-state index contributed by atoms with van der Waals surface area (Å²) in [5.74, 6) is 5.18. The Morgan fingerprint density at radius 1 is 1.36 bits per heavy atom. The highest BCUT2D eigenvalue weighted by molar-refractivity contribution is 7.99. The van der Waals surface area contributed by atoms with E-state index in [1.165, 1.54) is 24.3 Å². The minimum absolute atomic E-state index is 0.613. The van der Waals surface area contributed by atoms with E-state index in [2.05, 4.69) is 25.1 Å². The van der Waals surface area contributed by atoms with Crippen molar-refractivity contribution in [3.05, 3.63) is 0 Å². The minimum Gasteiger partial charge on any atom is -0.313 e. The first-order chi connectivity index (χ1) is 6.85. The van der Waals surface area contributed by atoms with Gasteiger partial charge in [-0.3, -0.25) is 0 Å². The van der Waals surface area contributed by atoms with Crippen molar-refractivity contribution in [1.82, 2.24) is 5.32 Å². The smallest absolute Gasteiger partial charge is 0.0167 e. The molecule has 1 nitrogen and oxygen atoms in total. The fraction of sp³-hybridized carbons (Fsp3) is 0.833. The Bertz CT molecular complexity index is 151. The molecule has 0 aliphatic heterocycles. The summed E-state index contributed by atoms with van der Waals surface area (Å²) in [4.78, 5) is 0. The number of thioether (sulfide) groups is 1. The van der Waals surface area contributed by atoms with Crippen molar-refractivity contribution in [2.24, 2.45) is 0 Å². The van der Waals surface area contributed by atoms with Crippen LogP contribution in [0, 0.1) is 12.3 Å². The third kappa shape index (κ3) is 8.47. The molecule has 0 saturated heterocycles. The van der Waals surface area contributed by atoms with Gasteiger partial charge in [-0.2, -0.15) is 11.8 Å². The van der Waals surface area contributed by atoms with E-state index in [1.807, 2.05) is 11.8 Å². The van der Waals surface area contributed by atoms with Crippen molar-refractivity contribution >= 4 is 11.8 Å². The van der Waals surface area contributed by atoms with Crippen molar-refractivity contribution in [2.75, 3.05) is 18.1 Å². The van der Waals surface area contributed by atoms with Crippen molar-refractivity contribution in [3.8, 4) is 12.3 Å². The van der Waals surface area contributed by atoms with E-state index < -0.39 is 0 Å². The molecule has 0 aliphatic rings. The molecule has 1 atom stereocenters. The number of hydrogen-bond acceptors (Lipinski definition) is 2. The second-order valence-electron chi connectivity index (χ2n) is 3.47. The summed E-state index contributed by atoms with van der Waals surface area (Å²) >= 11 is 2.03. The Morgan fingerprint density at radius 3 is 2.71 bits per heavy atom. The zero-order valence-corrected chi connectivity index (χ0v) is 10.3. The van der Waals surface area contributed by atoms with Crippen LogP contribution in [0.1, 0.15) is 39.5 Å². The largest absolute Gasteiger partial charge is 0.313 e. The molecule has 14 heavy (non-hydrogen) atoms. The number of rotatable bonds is 9. The first kappa shape index (κ1) is 13.9. The fourth-order valence-electron chi connectivity index (χ4n) is 1.22. The predicted molar refractivity (Wildman–Crippen MR) is 67.8 cm³/mol. The SMILES string of the molecule is C#CCCC(CSCCC)NCCC. The van der Waals surface area contributed by atoms with Crippen LogP contribution >= 0.6 is 11.8 Å². The van der Waals surface area contributed by atoms with Crippen molar-refractivity contribution in [1.29, 1.82) is 0 Å². The normalized spacial score (nSPS) is 12.4. The van der Waals surface area contributed by atoms with Gasteiger partial charge in [0, 0.05) is 18.2 Å². The fourth-order valence-corrected chi connectivity index (χ4v) is 2.24. The van der Waals surface area contributed by atoms with Crippen LogP contribution in [0.2, 0.25) is 0 Å². The van der Waals surface area contributed by atoms with Crippen LogP contribution < -0.4 is 5.32 Å². The zero-order valence-electron chi connectivity index (χ0n) is 9.51. The molecular formula is C12H23NS. The van der Waals surface area contributed by atoms with E-state index in [0.717, 1.165) is 19.4 Å². The third-order valence-electron chi connectivity index (χ3n) is 1.99. The van der Waals surface area contributed by atoms with Gasteiger partial charge in [-0.05, 0) is 31.6 Å². The molecule has 1 unspecified atom stereocenters. The maximum Gasteiger partial charge on any atom is 0.0167 e. The molecule has 0 spiro atoms. The molecule has 82 valence electrons. The third-order valence-corrected chi connectivity index (χ3v) is 3.32. The van der Waals surface area contributed by atoms with E-state index in [4.69, 9.17) is 6.42 Å². The zero-order chi connectivity index (χ0) is 10.6. The molecule has 0 bridgehead atoms. The lowest BCUT2D eigenvalue weighted by molar-refractivity contribution is 0.526. The molecule has 0 aromatic rings. The lowest BCUT2D eigenvalue weighted by Crippen LogP contribution is -2.32. The highest BCUT2D eigenvalue weighted by Crippen LogP contribution is 2.08. The Balaban J connectivity index is 3.56. The van der Waals surface area contributed by atoms with Crippen molar-refractivity contribution < 1.29 is 0 Å². The van der Waals surface area contributed by atoms with Crippen molar-refractivity contribution in [2.45, 2.75) is 45.6 Å². The number of nitrogens with one attached hydrogen (secondary N) is 1. The van der Waals surface area contributed by atoms with Gasteiger partial charge in [-0.15, -0.1) is 12.3 Å². The van der Waals surface area contributed by atoms with Crippen LogP contribution in [-0.4, -0.2) is 24.1 Å². The van der Waals surface area contributed by atoms with Crippen molar-refractivity contribution in [3.63, 3.8) is 0 Å². The maximum absolute atomic E-state index is 5.28. The Kier molecular flexibility index (Phi) is 10.8. The van der Waals surface area contributed by atoms with E-state index in [1.54, 1.807) is 0 Å². The number of terminal acetylenes is 1. The number of hydrogen-bond donors (Lipinski definition) is 1. The Labute approximate surface area is 93.4 Å². The summed E-state index contributed by atoms with van der Waals surface area (Å²) in [5.41, 5.74) is 0. The summed E-state index contributed by atoms with van der Waals surface area (Å²) in [6.45, 7) is 5.54. The standard InChI is InChI=1S/C12H23NS/c1-4-7-8-12(13-9-5-2)11-14-10-6-3/h1,12-13H,5-11H2,2-3H3. The second kappa shape index (κ2) is 10.9. The van der Waals surface area contributed by atoms with Gasteiger partial charge in [-0.1, -0.05) is 13.8 Å². The first-order valence-electron chi connectivity index (χ1n) is 5.59. The van der Waals surface area contributed by atoms with Gasteiger partial charge in [0.05, 0.1) is 0 Å². The summed E-state index contributed by atoms with van der Waals surface area (Å²) in [6.07, 6.45) is 9.75. The molecule has 0 saturated carbocycles. The van der Waals surface area contributed by atoms with Gasteiger partial charge in [0.15, 0.2) is 0 Å². The van der Waals surface area contributed by atoms with Crippen LogP contribution in [-0.2, 0) is 0 Å². The predicted octanol–water partition coefficient (Wildman–Crippen LogP) is 2.91. The molecule has 0 aromatic heterocycles. The highest BCUT2D eigenvalue weighted by atomic mass is 32.2. The lowest BCUT2D eigenvalue weighted by atomic mass is 10.2. The second-order valence-corrected chi connectivity index (χ2v) is 4.62. The monoisotopic (exact) mass is 213 g/mol. The van der Waals surface area contributed by atoms with Gasteiger partial charge in [-0.25, -0.2) is 0 Å². The summed E-state index contributed by atoms with van der Waals surface area (Å²) in [5, 5.41) is 3.55. The van der Waals surface area contributed by atoms with Gasteiger partial charge in [0.1, 0.15) is 0 Å². The lowest BCUT2D eigenvalue weighted by Gasteiger charge is -2.16. The highest BCUT2D eigenvalue weighted by Gasteiger charge is 2.05. The van der Waals surface area contributed by atoms with E-state index in [-0.39, 0.29) is 0 Å². The van der Waals surface area contributed by atoms with Crippen LogP contribution in [0.4, 0.5) is 0 Å². The molecule has 2 heteroatoms. The Hall–Kier alpha value is -0.130. The first-order valence-corrected chi connectivity index (χ1v) is 6.75. The molecule has 0 amide bonds. The molecular weight excluding hydrogens is 190 g/mol. The average Bonchev–Trinajstić information content (AvgIpc) is 2.21. The van der Waals surface area contributed by atoms with Crippen LogP contribution in [0.5, 0.6) is 0 Å². The summed E-state index contributed by atoms with van der Waals surface area (Å²) < 4.78 is 0. The molecule has 0 rings (SSSR count). The van der Waals surface area contributed by atoms with E-state index in [0.29, 0.717) is 6.04 Å². The quantitative estimate of drug-likeness (QED) is 0.467. The molecule has 0 fully saturated rings. The van der Waals surface area contributed by atoms with Crippen LogP contribution in [0.15, 0.2) is 0 Å². The topological polar surface area (TPSA) is 12.0 Å². The molecule has 1 N–H and O–H groups in total. The van der Waals surface area contributed by atoms with Crippen LogP contribution in [0.25, 0.3) is 0 Å². The van der Waals surface area contributed by atoms with E-state index in [9.17, 15) is 0 Å². The van der Waals surface area contributed by atoms with E-state index >= 15 is 0 Å². The van der Waals surface area contributed by atoms with Gasteiger partial charge >= 0.3 is 0 Å². The minimum atomic E-state index is 0.613. The maximum atomic E-state index is 5.28.